The van der Waals surface area contributed by atoms with Crippen LogP contribution in [-0.4, -0.2) is 24.5 Å². The van der Waals surface area contributed by atoms with Crippen molar-refractivity contribution in [3.05, 3.63) is 90.6 Å². The summed E-state index contributed by atoms with van der Waals surface area (Å²) >= 11 is 0. The van der Waals surface area contributed by atoms with Gasteiger partial charge < -0.3 is 0 Å². The number of benzene rings is 4. The number of hydrogen-bond acceptors (Lipinski definition) is 3. The van der Waals surface area contributed by atoms with Crippen LogP contribution >= 0.6 is 0 Å². The highest BCUT2D eigenvalue weighted by Crippen LogP contribution is 2.38. The predicted molar refractivity (Wildman–Crippen MR) is 127 cm³/mol. The van der Waals surface area contributed by atoms with Crippen molar-refractivity contribution < 1.29 is 21.6 Å². The fourth-order valence-corrected chi connectivity index (χ4v) is 4.63. The van der Waals surface area contributed by atoms with Gasteiger partial charge in [0.05, 0.1) is 17.6 Å². The van der Waals surface area contributed by atoms with E-state index >= 15 is 0 Å². The molecule has 1 N–H and O–H groups in total. The summed E-state index contributed by atoms with van der Waals surface area (Å²) in [6.07, 6.45) is -3.61. The molecule has 0 atom stereocenters. The van der Waals surface area contributed by atoms with Crippen LogP contribution in [0.4, 0.5) is 18.9 Å². The Morgan fingerprint density at radius 1 is 0.853 bits per heavy atom. The van der Waals surface area contributed by atoms with Crippen LogP contribution in [0.1, 0.15) is 5.69 Å². The molecule has 0 aliphatic heterocycles. The van der Waals surface area contributed by atoms with Crippen molar-refractivity contribution in [1.82, 2.24) is 9.78 Å². The average Bonchev–Trinajstić information content (AvgIpc) is 3.24. The average molecular weight is 481 g/mol. The minimum Gasteiger partial charge on any atom is -0.284 e. The molecule has 0 saturated carbocycles. The molecule has 0 spiro atoms. The van der Waals surface area contributed by atoms with E-state index in [-0.39, 0.29) is 5.69 Å². The van der Waals surface area contributed by atoms with Gasteiger partial charge in [0.25, 0.3) is 0 Å². The van der Waals surface area contributed by atoms with Crippen LogP contribution in [0.15, 0.2) is 84.9 Å². The zero-order chi connectivity index (χ0) is 24.1. The molecule has 0 bridgehead atoms. The topological polar surface area (TPSA) is 64.0 Å². The van der Waals surface area contributed by atoms with Crippen molar-refractivity contribution in [2.24, 2.45) is 0 Å². The van der Waals surface area contributed by atoms with Gasteiger partial charge in [0.15, 0.2) is 5.69 Å². The molecule has 9 heteroatoms. The van der Waals surface area contributed by atoms with E-state index in [4.69, 9.17) is 0 Å². The summed E-state index contributed by atoms with van der Waals surface area (Å²) < 4.78 is 67.6. The summed E-state index contributed by atoms with van der Waals surface area (Å²) in [5.41, 5.74) is 0.528. The maximum Gasteiger partial charge on any atom is 0.435 e. The quantitative estimate of drug-likeness (QED) is 0.309. The first-order valence-corrected chi connectivity index (χ1v) is 12.2. The van der Waals surface area contributed by atoms with E-state index in [0.29, 0.717) is 16.9 Å². The lowest BCUT2D eigenvalue weighted by molar-refractivity contribution is -0.141. The summed E-state index contributed by atoms with van der Waals surface area (Å²) in [6, 6.07) is 24.2. The summed E-state index contributed by atoms with van der Waals surface area (Å²) in [5, 5.41) is 7.48. The van der Waals surface area contributed by atoms with Crippen LogP contribution < -0.4 is 4.72 Å². The Labute approximate surface area is 193 Å². The third-order valence-electron chi connectivity index (χ3n) is 5.46. The van der Waals surface area contributed by atoms with Gasteiger partial charge in [-0.2, -0.15) is 18.3 Å². The number of nitrogens with zero attached hydrogens (tertiary/aromatic N) is 2. The molecule has 1 heterocycles. The molecule has 0 fully saturated rings. The van der Waals surface area contributed by atoms with Crippen molar-refractivity contribution in [3.63, 3.8) is 0 Å². The molecule has 34 heavy (non-hydrogen) atoms. The molecular formula is C25H18F3N3O2S. The number of anilines is 1. The fourth-order valence-electron chi connectivity index (χ4n) is 4.07. The number of nitrogens with one attached hydrogen (secondary N) is 1. The van der Waals surface area contributed by atoms with Gasteiger partial charge in [-0.05, 0) is 51.9 Å². The first kappa shape index (κ1) is 22.0. The maximum atomic E-state index is 13.7. The highest BCUT2D eigenvalue weighted by atomic mass is 32.2. The van der Waals surface area contributed by atoms with E-state index in [0.717, 1.165) is 33.9 Å². The molecule has 0 aliphatic rings. The third kappa shape index (κ3) is 4.10. The van der Waals surface area contributed by atoms with Gasteiger partial charge >= 0.3 is 6.18 Å². The van der Waals surface area contributed by atoms with Gasteiger partial charge in [-0.3, -0.25) is 4.72 Å². The number of halogens is 3. The second-order valence-electron chi connectivity index (χ2n) is 7.94. The fraction of sp³-hybridized carbons (Fsp3) is 0.0800. The normalized spacial score (nSPS) is 12.4. The second kappa shape index (κ2) is 7.88. The van der Waals surface area contributed by atoms with Crippen LogP contribution in [0, 0.1) is 0 Å². The Morgan fingerprint density at radius 2 is 1.53 bits per heavy atom. The van der Waals surface area contributed by atoms with Crippen LogP contribution in [0.2, 0.25) is 0 Å². The lowest BCUT2D eigenvalue weighted by atomic mass is 9.96. The van der Waals surface area contributed by atoms with Crippen molar-refractivity contribution >= 4 is 37.3 Å². The molecule has 1 aromatic heterocycles. The van der Waals surface area contributed by atoms with Gasteiger partial charge in [0.2, 0.25) is 10.0 Å². The number of aromatic nitrogens is 2. The number of alkyl halides is 3. The first-order chi connectivity index (χ1) is 16.1. The third-order valence-corrected chi connectivity index (χ3v) is 6.07. The molecule has 0 amide bonds. The van der Waals surface area contributed by atoms with Gasteiger partial charge in [-0.1, -0.05) is 54.6 Å². The number of hydrogen-bond donors (Lipinski definition) is 1. The number of fused-ring (bicyclic) bond motifs is 3. The van der Waals surface area contributed by atoms with E-state index in [1.807, 2.05) is 42.5 Å². The molecule has 5 nitrogen and oxygen atoms in total. The molecule has 4 aromatic carbocycles. The van der Waals surface area contributed by atoms with Crippen molar-refractivity contribution in [2.75, 3.05) is 11.0 Å². The Kier molecular flexibility index (Phi) is 5.09. The molecule has 5 aromatic rings. The molecular weight excluding hydrogens is 463 g/mol. The predicted octanol–water partition coefficient (Wildman–Crippen LogP) is 6.24. The van der Waals surface area contributed by atoms with Crippen LogP contribution in [0.25, 0.3) is 38.5 Å². The summed E-state index contributed by atoms with van der Waals surface area (Å²) in [4.78, 5) is 0. The maximum absolute atomic E-state index is 13.7. The molecule has 172 valence electrons. The molecule has 5 rings (SSSR count). The number of sulfonamides is 1. The lowest BCUT2D eigenvalue weighted by Crippen LogP contribution is -2.10. The van der Waals surface area contributed by atoms with Gasteiger partial charge in [0.1, 0.15) is 0 Å². The van der Waals surface area contributed by atoms with E-state index in [2.05, 4.69) is 9.82 Å². The van der Waals surface area contributed by atoms with Crippen LogP contribution in [-0.2, 0) is 16.2 Å². The van der Waals surface area contributed by atoms with E-state index < -0.39 is 21.9 Å². The highest BCUT2D eigenvalue weighted by Gasteiger charge is 2.35. The van der Waals surface area contributed by atoms with Crippen LogP contribution in [0.5, 0.6) is 0 Å². The Morgan fingerprint density at radius 3 is 2.24 bits per heavy atom. The van der Waals surface area contributed by atoms with Crippen molar-refractivity contribution in [1.29, 1.82) is 0 Å². The van der Waals surface area contributed by atoms with E-state index in [9.17, 15) is 21.6 Å². The summed E-state index contributed by atoms with van der Waals surface area (Å²) in [7, 11) is -3.49. The molecule has 0 unspecified atom stereocenters. The van der Waals surface area contributed by atoms with Gasteiger partial charge in [-0.25, -0.2) is 13.1 Å². The Bertz CT molecular complexity index is 1640. The lowest BCUT2D eigenvalue weighted by Gasteiger charge is -2.13. The zero-order valence-electron chi connectivity index (χ0n) is 17.8. The van der Waals surface area contributed by atoms with Gasteiger partial charge in [0, 0.05) is 11.3 Å². The SMILES string of the molecule is CS(=O)(=O)Nc1ccc(-n2nc(C(F)(F)F)cc2-c2cccc3ccc4ccccc4c23)cc1. The molecule has 0 aliphatic carbocycles. The molecule has 0 radical (unpaired) electrons. The Balaban J connectivity index is 1.76. The standard InChI is InChI=1S/C25H18F3N3O2S/c1-34(32,33)30-18-11-13-19(14-12-18)31-22(15-23(29-31)25(26,27)28)21-8-4-6-17-10-9-16-5-2-3-7-20(16)24(17)21/h2-15,30H,1H3. The largest absolute Gasteiger partial charge is 0.435 e. The molecule has 0 saturated heterocycles. The minimum atomic E-state index is -4.63. The number of rotatable bonds is 4. The second-order valence-corrected chi connectivity index (χ2v) is 9.68. The van der Waals surface area contributed by atoms with Gasteiger partial charge in [-0.15, -0.1) is 0 Å². The monoisotopic (exact) mass is 481 g/mol. The van der Waals surface area contributed by atoms with Crippen LogP contribution in [0.3, 0.4) is 0 Å². The minimum absolute atomic E-state index is 0.276. The van der Waals surface area contributed by atoms with E-state index in [1.54, 1.807) is 12.1 Å². The van der Waals surface area contributed by atoms with E-state index in [1.165, 1.54) is 28.9 Å². The van der Waals surface area contributed by atoms with Crippen molar-refractivity contribution in [3.8, 4) is 16.9 Å². The first-order valence-electron chi connectivity index (χ1n) is 10.3. The van der Waals surface area contributed by atoms with Crippen molar-refractivity contribution in [2.45, 2.75) is 6.18 Å². The zero-order valence-corrected chi connectivity index (χ0v) is 18.7. The Hall–Kier alpha value is -3.85. The highest BCUT2D eigenvalue weighted by molar-refractivity contribution is 7.92. The smallest absolute Gasteiger partial charge is 0.284 e. The summed E-state index contributed by atoms with van der Waals surface area (Å²) in [6.45, 7) is 0. The summed E-state index contributed by atoms with van der Waals surface area (Å²) in [5.74, 6) is 0.